The van der Waals surface area contributed by atoms with Gasteiger partial charge in [-0.1, -0.05) is 33.7 Å². The van der Waals surface area contributed by atoms with Crippen LogP contribution in [0.1, 0.15) is 0 Å². The van der Waals surface area contributed by atoms with Gasteiger partial charge in [-0.15, -0.1) is 0 Å². The maximum absolute atomic E-state index is 8.87. The Morgan fingerprint density at radius 3 is 0.435 bits per heavy atom. The first-order valence-corrected chi connectivity index (χ1v) is 9.49. The zero-order valence-electron chi connectivity index (χ0n) is 9.97. The second-order valence-electron chi connectivity index (χ2n) is 1.29. The fourth-order valence-corrected chi connectivity index (χ4v) is 0. The van der Waals surface area contributed by atoms with Crippen molar-refractivity contribution >= 4 is 54.6 Å². The fraction of sp³-hybridized carbons (Fsp3) is 0. The van der Waals surface area contributed by atoms with E-state index in [0.717, 1.165) is 0 Å². The van der Waals surface area contributed by atoms with Crippen LogP contribution in [-0.4, -0.2) is 32.9 Å². The summed E-state index contributed by atoms with van der Waals surface area (Å²) in [6.07, 6.45) is 0. The Morgan fingerprint density at radius 1 is 0.435 bits per heavy atom. The average Bonchev–Trinajstić information content (AvgIpc) is 1.41. The molecule has 2 radical (unpaired) electrons. The van der Waals surface area contributed by atoms with Crippen molar-refractivity contribution in [3.8, 4) is 0 Å². The van der Waals surface area contributed by atoms with E-state index in [1.807, 2.05) is 0 Å². The van der Waals surface area contributed by atoms with Gasteiger partial charge in [0.15, 0.2) is 0 Å². The molecule has 150 valence electrons. The maximum atomic E-state index is 8.87. The summed E-state index contributed by atoms with van der Waals surface area (Å²) in [5, 5.41) is 0. The second-order valence-corrected chi connectivity index (χ2v) is 7.60. The summed E-state index contributed by atoms with van der Waals surface area (Å²) in [5.41, 5.74) is 0. The van der Waals surface area contributed by atoms with Crippen LogP contribution < -0.4 is 29.4 Å². The van der Waals surface area contributed by atoms with Crippen molar-refractivity contribution in [2.75, 3.05) is 0 Å². The van der Waals surface area contributed by atoms with Crippen molar-refractivity contribution in [1.82, 2.24) is 0 Å². The Bertz CT molecular complexity index is 220. The van der Waals surface area contributed by atoms with E-state index in [4.69, 9.17) is 43.1 Å². The van der Waals surface area contributed by atoms with Gasteiger partial charge in [-0.05, 0) is 0 Å². The third-order valence-electron chi connectivity index (χ3n) is 0. The van der Waals surface area contributed by atoms with E-state index in [1.165, 1.54) is 0 Å². The van der Waals surface area contributed by atoms with Gasteiger partial charge in [-0.2, -0.15) is 0 Å². The maximum Gasteiger partial charge on any atom is 3.00 e. The molecular weight excluding hydrogens is 543 g/mol. The van der Waals surface area contributed by atoms with Gasteiger partial charge in [-0.25, -0.2) is 0 Å². The third kappa shape index (κ3) is 2570. The molecule has 0 aliphatic carbocycles. The smallest absolute Gasteiger partial charge is 0.799 e. The minimum absolute atomic E-state index is 0. The van der Waals surface area contributed by atoms with Crippen molar-refractivity contribution in [2.45, 2.75) is 0 Å². The van der Waals surface area contributed by atoms with Crippen LogP contribution in [-0.2, 0) is 48.4 Å². The predicted octanol–water partition coefficient (Wildman–Crippen LogP) is -7.79. The van der Waals surface area contributed by atoms with Crippen molar-refractivity contribution in [2.24, 2.45) is 0 Å². The van der Waals surface area contributed by atoms with Crippen LogP contribution in [0, 0.1) is 0 Å². The summed E-state index contributed by atoms with van der Waals surface area (Å²) in [6, 6.07) is 0. The van der Waals surface area contributed by atoms with E-state index < -0.39 is 20.8 Å². The summed E-state index contributed by atoms with van der Waals surface area (Å²) >= 11 is 11.9. The van der Waals surface area contributed by atoms with Gasteiger partial charge < -0.3 is 75.9 Å². The van der Waals surface area contributed by atoms with E-state index in [0.29, 0.717) is 0 Å². The Morgan fingerprint density at radius 2 is 0.435 bits per heavy atom. The van der Waals surface area contributed by atoms with E-state index in [-0.39, 0.29) is 67.6 Å². The predicted molar refractivity (Wildman–Crippen MR) is 62.1 cm³/mol. The summed E-state index contributed by atoms with van der Waals surface area (Å²) in [6.45, 7) is -14.0. The minimum Gasteiger partial charge on any atom is -0.799 e. The Labute approximate surface area is 164 Å². The molecule has 15 nitrogen and oxygen atoms in total. The van der Waals surface area contributed by atoms with Gasteiger partial charge in [0.1, 0.15) is 0 Å². The summed E-state index contributed by atoms with van der Waals surface area (Å²) in [7, 11) is 0. The third-order valence-corrected chi connectivity index (χ3v) is 0. The molecule has 23 heavy (non-hydrogen) atoms. The van der Waals surface area contributed by atoms with Gasteiger partial charge in [0.05, 0.1) is 0 Å². The van der Waals surface area contributed by atoms with Crippen LogP contribution in [0.25, 0.3) is 0 Å². The molecule has 0 fully saturated rings. The number of halogens is 3. The molecular formula is H12Cl3Cr2O15P3. The molecule has 0 saturated heterocycles. The minimum atomic E-state index is -4.67. The van der Waals surface area contributed by atoms with Gasteiger partial charge in [-0.3, -0.25) is 0 Å². The van der Waals surface area contributed by atoms with Crippen molar-refractivity contribution < 1.29 is 111 Å². The van der Waals surface area contributed by atoms with Crippen LogP contribution >= 0.6 is 54.6 Å². The van der Waals surface area contributed by atoms with E-state index >= 15 is 0 Å². The van der Waals surface area contributed by atoms with Gasteiger partial charge in [0.25, 0.3) is 0 Å². The fourth-order valence-electron chi connectivity index (χ4n) is 0. The van der Waals surface area contributed by atoms with Crippen LogP contribution in [0.3, 0.4) is 0 Å². The van der Waals surface area contributed by atoms with E-state index in [9.17, 15) is 0 Å². The Kier molecular flexibility index (Phi) is 102. The normalized spacial score (nSPS) is 7.70. The molecule has 0 bridgehead atoms. The molecule has 0 aromatic heterocycles. The second kappa shape index (κ2) is 31.9. The molecule has 0 amide bonds. The quantitative estimate of drug-likeness (QED) is 0.256. The van der Waals surface area contributed by atoms with Gasteiger partial charge >= 0.3 is 34.7 Å². The first-order chi connectivity index (χ1) is 6.00. The van der Waals surface area contributed by atoms with Crippen molar-refractivity contribution in [1.29, 1.82) is 0 Å². The average molecular weight is 555 g/mol. The Balaban J connectivity index is -0.00000000889. The molecule has 0 saturated carbocycles. The summed E-state index contributed by atoms with van der Waals surface area (Å²) < 4.78 is 26.6. The van der Waals surface area contributed by atoms with Crippen molar-refractivity contribution in [3.63, 3.8) is 0 Å². The van der Waals surface area contributed by atoms with E-state index in [2.05, 4.69) is 33.7 Å². The van der Waals surface area contributed by atoms with Crippen LogP contribution in [0.15, 0.2) is 0 Å². The van der Waals surface area contributed by atoms with Crippen LogP contribution in [0.2, 0.25) is 0 Å². The zero-order valence-corrected chi connectivity index (χ0v) is 17.5. The molecule has 0 aliphatic heterocycles. The molecule has 0 spiro atoms. The molecule has 0 atom stereocenters. The topological polar surface area (TPSA) is 379 Å². The van der Waals surface area contributed by atoms with E-state index in [1.54, 1.807) is 0 Å². The zero-order chi connectivity index (χ0) is 13.5. The number of hydrogen-bond donors (Lipinski definition) is 0. The first-order valence-electron chi connectivity index (χ1n) is 2.15. The summed E-state index contributed by atoms with van der Waals surface area (Å²) in [4.78, 5) is 53.2. The molecule has 0 aliphatic rings. The molecule has 12 N–H and O–H groups in total. The van der Waals surface area contributed by atoms with Crippen molar-refractivity contribution in [3.05, 3.63) is 0 Å². The standard InChI is InChI=1S/3ClH2O3P.2Cr.6H2O/c3*1-5(2,3)4;;;;;;;;/h3*(H2,2,3,4);;;6*1H2/q;;;2*+3;;;;;;/p-6. The Hall–Kier alpha value is 2.14. The SMILES string of the molecule is O.O.O.O.O.O.O=P([O-])([O-])Cl.O=P([O-])([O-])Cl.O=P([O-])([O-])Cl.[Cr+3].[Cr+3]. The number of hydrogen-bond acceptors (Lipinski definition) is 9. The molecule has 0 aromatic carbocycles. The van der Waals surface area contributed by atoms with Gasteiger partial charge in [0.2, 0.25) is 0 Å². The molecule has 0 aromatic rings. The molecule has 0 rings (SSSR count). The molecule has 0 heterocycles. The number of rotatable bonds is 0. The summed E-state index contributed by atoms with van der Waals surface area (Å²) in [5.74, 6) is 0. The monoisotopic (exact) mass is 554 g/mol. The molecule has 0 unspecified atom stereocenters. The largest absolute Gasteiger partial charge is 3.00 e. The van der Waals surface area contributed by atoms with Crippen LogP contribution in [0.5, 0.6) is 0 Å². The first kappa shape index (κ1) is 73.3. The van der Waals surface area contributed by atoms with Crippen LogP contribution in [0.4, 0.5) is 0 Å². The van der Waals surface area contributed by atoms with Gasteiger partial charge in [0, 0.05) is 20.8 Å². The molecule has 23 heteroatoms.